The van der Waals surface area contributed by atoms with Gasteiger partial charge >= 0.3 is 6.36 Å². The van der Waals surface area contributed by atoms with Gasteiger partial charge in [0.15, 0.2) is 5.75 Å². The quantitative estimate of drug-likeness (QED) is 0.518. The van der Waals surface area contributed by atoms with Crippen LogP contribution in [0.3, 0.4) is 0 Å². The Labute approximate surface area is 170 Å². The fourth-order valence-electron chi connectivity index (χ4n) is 3.45. The van der Waals surface area contributed by atoms with Crippen LogP contribution in [0.2, 0.25) is 5.02 Å². The summed E-state index contributed by atoms with van der Waals surface area (Å²) in [6.45, 7) is 1.28. The molecule has 3 aromatic rings. The summed E-state index contributed by atoms with van der Waals surface area (Å²) >= 11 is 6.00. The van der Waals surface area contributed by atoms with Gasteiger partial charge in [-0.15, -0.1) is 13.2 Å². The number of alkyl halides is 3. The maximum absolute atomic E-state index is 12.9. The third-order valence-electron chi connectivity index (χ3n) is 4.83. The highest BCUT2D eigenvalue weighted by Crippen LogP contribution is 2.35. The molecule has 1 fully saturated rings. The summed E-state index contributed by atoms with van der Waals surface area (Å²) in [5.41, 5.74) is 2.50. The van der Waals surface area contributed by atoms with Crippen molar-refractivity contribution in [3.8, 4) is 22.7 Å². The molecular formula is C21H18ClF3N2O2. The van der Waals surface area contributed by atoms with Gasteiger partial charge in [0.25, 0.3) is 0 Å². The summed E-state index contributed by atoms with van der Waals surface area (Å²) in [4.78, 5) is 0. The van der Waals surface area contributed by atoms with E-state index in [-0.39, 0.29) is 17.4 Å². The minimum Gasteiger partial charge on any atom is -0.403 e. The van der Waals surface area contributed by atoms with Gasteiger partial charge < -0.3 is 9.47 Å². The van der Waals surface area contributed by atoms with Crippen molar-refractivity contribution < 1.29 is 22.6 Å². The van der Waals surface area contributed by atoms with Crippen molar-refractivity contribution in [1.29, 1.82) is 0 Å². The lowest BCUT2D eigenvalue weighted by Crippen LogP contribution is -2.19. The van der Waals surface area contributed by atoms with E-state index in [0.29, 0.717) is 23.9 Å². The smallest absolute Gasteiger partial charge is 0.403 e. The lowest BCUT2D eigenvalue weighted by atomic mass is 9.96. The first-order valence-corrected chi connectivity index (χ1v) is 9.57. The average molecular weight is 423 g/mol. The van der Waals surface area contributed by atoms with Crippen molar-refractivity contribution in [2.75, 3.05) is 13.2 Å². The normalized spacial score (nSPS) is 15.4. The SMILES string of the molecule is FC(F)(F)Oc1ccccc1-n1nc(C2CCOCC2)cc1-c1ccc(Cl)cc1. The van der Waals surface area contributed by atoms with Gasteiger partial charge in [-0.05, 0) is 43.2 Å². The maximum Gasteiger partial charge on any atom is 0.573 e. The summed E-state index contributed by atoms with van der Waals surface area (Å²) in [6, 6.07) is 15.0. The second-order valence-corrected chi connectivity index (χ2v) is 7.21. The van der Waals surface area contributed by atoms with Gasteiger partial charge in [-0.2, -0.15) is 5.10 Å². The van der Waals surface area contributed by atoms with Crippen molar-refractivity contribution in [2.24, 2.45) is 0 Å². The molecule has 0 amide bonds. The predicted molar refractivity (Wildman–Crippen MR) is 103 cm³/mol. The molecule has 1 aliphatic rings. The van der Waals surface area contributed by atoms with Crippen LogP contribution in [0.5, 0.6) is 5.75 Å². The number of aromatic nitrogens is 2. The molecule has 0 N–H and O–H groups in total. The van der Waals surface area contributed by atoms with Gasteiger partial charge in [0.05, 0.1) is 11.4 Å². The largest absolute Gasteiger partial charge is 0.573 e. The number of ether oxygens (including phenoxy) is 2. The standard InChI is InChI=1S/C21H18ClF3N2O2/c22-16-7-5-15(6-8-16)19-13-17(14-9-11-28-12-10-14)26-27(19)18-3-1-2-4-20(18)29-21(23,24)25/h1-8,13-14H,9-12H2. The summed E-state index contributed by atoms with van der Waals surface area (Å²) in [6.07, 6.45) is -3.16. The van der Waals surface area contributed by atoms with Crippen LogP contribution in [0.25, 0.3) is 16.9 Å². The molecule has 4 rings (SSSR count). The Balaban J connectivity index is 1.83. The van der Waals surface area contributed by atoms with Crippen molar-refractivity contribution in [3.05, 3.63) is 65.3 Å². The zero-order valence-corrected chi connectivity index (χ0v) is 16.1. The molecule has 8 heteroatoms. The van der Waals surface area contributed by atoms with Gasteiger partial charge in [0, 0.05) is 29.7 Å². The number of nitrogens with zero attached hydrogens (tertiary/aromatic N) is 2. The topological polar surface area (TPSA) is 36.3 Å². The number of halogens is 4. The monoisotopic (exact) mass is 422 g/mol. The summed E-state index contributed by atoms with van der Waals surface area (Å²) < 4.78 is 49.9. The fraction of sp³-hybridized carbons (Fsp3) is 0.286. The number of benzene rings is 2. The van der Waals surface area contributed by atoms with E-state index in [9.17, 15) is 13.2 Å². The average Bonchev–Trinajstić information content (AvgIpc) is 3.14. The maximum atomic E-state index is 12.9. The van der Waals surface area contributed by atoms with Crippen molar-refractivity contribution >= 4 is 11.6 Å². The predicted octanol–water partition coefficient (Wildman–Crippen LogP) is 5.99. The molecule has 0 saturated carbocycles. The minimum absolute atomic E-state index is 0.187. The molecule has 1 aromatic heterocycles. The molecule has 0 unspecified atom stereocenters. The highest BCUT2D eigenvalue weighted by molar-refractivity contribution is 6.30. The zero-order chi connectivity index (χ0) is 20.4. The third kappa shape index (κ3) is 4.57. The van der Waals surface area contributed by atoms with Crippen LogP contribution in [-0.2, 0) is 4.74 Å². The molecule has 0 radical (unpaired) electrons. The molecule has 2 aromatic carbocycles. The molecular weight excluding hydrogens is 405 g/mol. The summed E-state index contributed by atoms with van der Waals surface area (Å²) in [5.74, 6) is -0.122. The van der Waals surface area contributed by atoms with Gasteiger partial charge in [-0.1, -0.05) is 35.9 Å². The van der Waals surface area contributed by atoms with Gasteiger partial charge in [-0.25, -0.2) is 4.68 Å². The zero-order valence-electron chi connectivity index (χ0n) is 15.3. The Hall–Kier alpha value is -2.51. The molecule has 0 bridgehead atoms. The molecule has 29 heavy (non-hydrogen) atoms. The molecule has 0 atom stereocenters. The Morgan fingerprint density at radius 1 is 1.03 bits per heavy atom. The lowest BCUT2D eigenvalue weighted by Gasteiger charge is -2.20. The van der Waals surface area contributed by atoms with Gasteiger partial charge in [0.2, 0.25) is 0 Å². The van der Waals surface area contributed by atoms with Crippen molar-refractivity contribution in [2.45, 2.75) is 25.1 Å². The minimum atomic E-state index is -4.80. The Bertz CT molecular complexity index is 980. The number of hydrogen-bond acceptors (Lipinski definition) is 3. The van der Waals surface area contributed by atoms with E-state index in [1.165, 1.54) is 16.8 Å². The van der Waals surface area contributed by atoms with E-state index >= 15 is 0 Å². The van der Waals surface area contributed by atoms with Crippen LogP contribution < -0.4 is 4.74 Å². The third-order valence-corrected chi connectivity index (χ3v) is 5.08. The molecule has 152 valence electrons. The molecule has 4 nitrogen and oxygen atoms in total. The van der Waals surface area contributed by atoms with Crippen LogP contribution >= 0.6 is 11.6 Å². The van der Waals surface area contributed by atoms with Crippen LogP contribution in [0.4, 0.5) is 13.2 Å². The van der Waals surface area contributed by atoms with Crippen LogP contribution in [0.1, 0.15) is 24.5 Å². The van der Waals surface area contributed by atoms with E-state index in [2.05, 4.69) is 9.84 Å². The molecule has 2 heterocycles. The van der Waals surface area contributed by atoms with E-state index in [1.807, 2.05) is 18.2 Å². The molecule has 0 aliphatic carbocycles. The van der Waals surface area contributed by atoms with Gasteiger partial charge in [0.1, 0.15) is 5.69 Å². The Morgan fingerprint density at radius 2 is 1.72 bits per heavy atom. The van der Waals surface area contributed by atoms with Gasteiger partial charge in [-0.3, -0.25) is 0 Å². The summed E-state index contributed by atoms with van der Waals surface area (Å²) in [7, 11) is 0. The first kappa shape index (κ1) is 19.8. The highest BCUT2D eigenvalue weighted by atomic mass is 35.5. The van der Waals surface area contributed by atoms with E-state index < -0.39 is 6.36 Å². The first-order valence-electron chi connectivity index (χ1n) is 9.19. The Kier molecular flexibility index (Phi) is 5.52. The molecule has 0 spiro atoms. The van der Waals surface area contributed by atoms with Crippen LogP contribution in [0, 0.1) is 0 Å². The molecule has 1 saturated heterocycles. The van der Waals surface area contributed by atoms with E-state index in [1.54, 1.807) is 24.3 Å². The number of rotatable bonds is 4. The van der Waals surface area contributed by atoms with Crippen molar-refractivity contribution in [3.63, 3.8) is 0 Å². The van der Waals surface area contributed by atoms with E-state index in [4.69, 9.17) is 16.3 Å². The van der Waals surface area contributed by atoms with Crippen molar-refractivity contribution in [1.82, 2.24) is 9.78 Å². The second kappa shape index (κ2) is 8.08. The van der Waals surface area contributed by atoms with Crippen LogP contribution in [0.15, 0.2) is 54.6 Å². The molecule has 1 aliphatic heterocycles. The van der Waals surface area contributed by atoms with E-state index in [0.717, 1.165) is 24.1 Å². The fourth-order valence-corrected chi connectivity index (χ4v) is 3.57. The second-order valence-electron chi connectivity index (χ2n) is 6.78. The number of para-hydroxylation sites is 2. The summed E-state index contributed by atoms with van der Waals surface area (Å²) in [5, 5.41) is 5.25. The Morgan fingerprint density at radius 3 is 2.41 bits per heavy atom. The first-order chi connectivity index (χ1) is 13.9. The van der Waals surface area contributed by atoms with Crippen LogP contribution in [-0.4, -0.2) is 29.4 Å². The number of hydrogen-bond donors (Lipinski definition) is 0. The lowest BCUT2D eigenvalue weighted by molar-refractivity contribution is -0.274. The highest BCUT2D eigenvalue weighted by Gasteiger charge is 2.33.